The maximum absolute atomic E-state index is 13.9. The molecule has 0 aliphatic rings. The highest BCUT2D eigenvalue weighted by atomic mass is 79.9. The van der Waals surface area contributed by atoms with Gasteiger partial charge in [0.2, 0.25) is 0 Å². The third-order valence-corrected chi connectivity index (χ3v) is 3.16. The van der Waals surface area contributed by atoms with Crippen molar-refractivity contribution in [3.05, 3.63) is 34.2 Å². The summed E-state index contributed by atoms with van der Waals surface area (Å²) in [5.74, 6) is -0.781. The average Bonchev–Trinajstić information content (AvgIpc) is 2.42. The summed E-state index contributed by atoms with van der Waals surface area (Å²) in [5.41, 5.74) is 0.399. The molecule has 0 atom stereocenters. The van der Waals surface area contributed by atoms with Gasteiger partial charge < -0.3 is 9.47 Å². The van der Waals surface area contributed by atoms with Crippen LogP contribution in [-0.2, 0) is 4.74 Å². The largest absolute Gasteiger partial charge is 0.493 e. The summed E-state index contributed by atoms with van der Waals surface area (Å²) in [6.07, 6.45) is 0. The van der Waals surface area contributed by atoms with E-state index >= 15 is 0 Å². The van der Waals surface area contributed by atoms with Gasteiger partial charge in [-0.05, 0) is 35.0 Å². The maximum atomic E-state index is 13.9. The van der Waals surface area contributed by atoms with Crippen LogP contribution in [0.3, 0.4) is 0 Å². The number of hydrogen-bond donors (Lipinski definition) is 0. The first-order valence-electron chi connectivity index (χ1n) is 5.58. The molecule has 19 heavy (non-hydrogen) atoms. The number of aromatic nitrogens is 1. The molecule has 0 saturated carbocycles. The first-order valence-corrected chi connectivity index (χ1v) is 6.37. The normalized spacial score (nSPS) is 10.5. The Bertz CT molecular complexity index is 645. The van der Waals surface area contributed by atoms with Crippen LogP contribution in [0.2, 0.25) is 0 Å². The molecule has 100 valence electrons. The van der Waals surface area contributed by atoms with Crippen molar-refractivity contribution in [2.24, 2.45) is 0 Å². The van der Waals surface area contributed by atoms with Crippen molar-refractivity contribution >= 4 is 32.8 Å². The van der Waals surface area contributed by atoms with Crippen LogP contribution in [0, 0.1) is 5.82 Å². The molecule has 0 aliphatic heterocycles. The molecule has 0 unspecified atom stereocenters. The molecule has 0 aliphatic carbocycles. The average molecular weight is 328 g/mol. The maximum Gasteiger partial charge on any atom is 0.356 e. The molecule has 0 fully saturated rings. The van der Waals surface area contributed by atoms with Gasteiger partial charge in [-0.3, -0.25) is 0 Å². The number of hydrogen-bond acceptors (Lipinski definition) is 4. The molecule has 0 radical (unpaired) electrons. The zero-order valence-corrected chi connectivity index (χ0v) is 12.0. The van der Waals surface area contributed by atoms with Gasteiger partial charge in [-0.25, -0.2) is 14.2 Å². The van der Waals surface area contributed by atoms with Crippen molar-refractivity contribution in [1.29, 1.82) is 0 Å². The molecule has 2 aromatic rings. The summed E-state index contributed by atoms with van der Waals surface area (Å²) < 4.78 is 24.5. The van der Waals surface area contributed by atoms with Crippen LogP contribution in [0.15, 0.2) is 22.7 Å². The van der Waals surface area contributed by atoms with E-state index in [0.29, 0.717) is 16.6 Å². The first kappa shape index (κ1) is 13.7. The standard InChI is InChI=1S/C13H11BrFNO3/c1-3-19-10-6-9(13(17)18-2)16-12-7(14)4-5-8(15)11(10)12/h4-6H,3H2,1-2H3. The lowest BCUT2D eigenvalue weighted by molar-refractivity contribution is 0.0594. The van der Waals surface area contributed by atoms with Crippen LogP contribution in [0.5, 0.6) is 5.75 Å². The van der Waals surface area contributed by atoms with Gasteiger partial charge >= 0.3 is 5.97 Å². The Morgan fingerprint density at radius 1 is 1.47 bits per heavy atom. The van der Waals surface area contributed by atoms with Crippen molar-refractivity contribution in [3.63, 3.8) is 0 Å². The van der Waals surface area contributed by atoms with Crippen LogP contribution in [0.4, 0.5) is 4.39 Å². The predicted molar refractivity (Wildman–Crippen MR) is 71.9 cm³/mol. The number of pyridine rings is 1. The number of fused-ring (bicyclic) bond motifs is 1. The van der Waals surface area contributed by atoms with Gasteiger partial charge in [0.1, 0.15) is 11.6 Å². The molecule has 0 saturated heterocycles. The number of carbonyl (C=O) groups is 1. The van der Waals surface area contributed by atoms with Gasteiger partial charge in [0.15, 0.2) is 5.69 Å². The summed E-state index contributed by atoms with van der Waals surface area (Å²) >= 11 is 3.28. The topological polar surface area (TPSA) is 48.4 Å². The van der Waals surface area contributed by atoms with E-state index < -0.39 is 11.8 Å². The lowest BCUT2D eigenvalue weighted by Crippen LogP contribution is -2.06. The van der Waals surface area contributed by atoms with Crippen LogP contribution in [-0.4, -0.2) is 24.7 Å². The Balaban J connectivity index is 2.79. The van der Waals surface area contributed by atoms with E-state index in [2.05, 4.69) is 25.7 Å². The molecule has 1 heterocycles. The Kier molecular flexibility index (Phi) is 3.99. The fraction of sp³-hybridized carbons (Fsp3) is 0.231. The minimum atomic E-state index is -0.598. The van der Waals surface area contributed by atoms with Crippen molar-refractivity contribution in [1.82, 2.24) is 4.98 Å². The van der Waals surface area contributed by atoms with Gasteiger partial charge in [-0.1, -0.05) is 0 Å². The Morgan fingerprint density at radius 3 is 2.84 bits per heavy atom. The minimum absolute atomic E-state index is 0.0738. The second-order valence-electron chi connectivity index (χ2n) is 3.68. The Morgan fingerprint density at radius 2 is 2.21 bits per heavy atom. The van der Waals surface area contributed by atoms with Gasteiger partial charge in [0, 0.05) is 10.5 Å². The van der Waals surface area contributed by atoms with Gasteiger partial charge in [-0.15, -0.1) is 0 Å². The molecule has 0 N–H and O–H groups in total. The quantitative estimate of drug-likeness (QED) is 0.811. The van der Waals surface area contributed by atoms with E-state index in [0.717, 1.165) is 0 Å². The number of ether oxygens (including phenoxy) is 2. The SMILES string of the molecule is CCOc1cc(C(=O)OC)nc2c(Br)ccc(F)c12. The highest BCUT2D eigenvalue weighted by Crippen LogP contribution is 2.32. The van der Waals surface area contributed by atoms with E-state index in [1.807, 2.05) is 0 Å². The molecular formula is C13H11BrFNO3. The third-order valence-electron chi connectivity index (χ3n) is 2.52. The fourth-order valence-electron chi connectivity index (χ4n) is 1.71. The molecule has 0 bridgehead atoms. The van der Waals surface area contributed by atoms with Gasteiger partial charge in [0.25, 0.3) is 0 Å². The van der Waals surface area contributed by atoms with Crippen LogP contribution in [0.25, 0.3) is 10.9 Å². The zero-order valence-electron chi connectivity index (χ0n) is 10.4. The van der Waals surface area contributed by atoms with Crippen molar-refractivity contribution in [3.8, 4) is 5.75 Å². The Labute approximate surface area is 117 Å². The number of nitrogens with zero attached hydrogens (tertiary/aromatic N) is 1. The highest BCUT2D eigenvalue weighted by Gasteiger charge is 2.17. The number of esters is 1. The van der Waals surface area contributed by atoms with Gasteiger partial charge in [-0.2, -0.15) is 0 Å². The zero-order chi connectivity index (χ0) is 14.0. The lowest BCUT2D eigenvalue weighted by Gasteiger charge is -2.10. The highest BCUT2D eigenvalue weighted by molar-refractivity contribution is 9.10. The predicted octanol–water partition coefficient (Wildman–Crippen LogP) is 3.32. The number of methoxy groups -OCH3 is 1. The molecule has 0 spiro atoms. The van der Waals surface area contributed by atoms with E-state index in [4.69, 9.17) is 4.74 Å². The molecule has 2 rings (SSSR count). The van der Waals surface area contributed by atoms with Crippen molar-refractivity contribution < 1.29 is 18.7 Å². The van der Waals surface area contributed by atoms with E-state index in [1.165, 1.54) is 25.3 Å². The molecule has 1 aromatic heterocycles. The second-order valence-corrected chi connectivity index (χ2v) is 4.54. The second kappa shape index (κ2) is 5.52. The molecule has 4 nitrogen and oxygen atoms in total. The number of rotatable bonds is 3. The summed E-state index contributed by atoms with van der Waals surface area (Å²) in [5, 5.41) is 0.240. The van der Waals surface area contributed by atoms with Crippen LogP contribution >= 0.6 is 15.9 Å². The summed E-state index contributed by atoms with van der Waals surface area (Å²) in [6.45, 7) is 2.13. The van der Waals surface area contributed by atoms with E-state index in [-0.39, 0.29) is 16.8 Å². The van der Waals surface area contributed by atoms with Crippen LogP contribution < -0.4 is 4.74 Å². The lowest BCUT2D eigenvalue weighted by atomic mass is 10.1. The number of carbonyl (C=O) groups excluding carboxylic acids is 1. The van der Waals surface area contributed by atoms with Crippen molar-refractivity contribution in [2.75, 3.05) is 13.7 Å². The minimum Gasteiger partial charge on any atom is -0.493 e. The molecular weight excluding hydrogens is 317 g/mol. The first-order chi connectivity index (χ1) is 9.08. The fourth-order valence-corrected chi connectivity index (χ4v) is 2.13. The molecule has 6 heteroatoms. The monoisotopic (exact) mass is 327 g/mol. The molecule has 1 aromatic carbocycles. The molecule has 0 amide bonds. The third kappa shape index (κ3) is 2.53. The van der Waals surface area contributed by atoms with Crippen LogP contribution in [0.1, 0.15) is 17.4 Å². The van der Waals surface area contributed by atoms with E-state index in [1.54, 1.807) is 6.92 Å². The van der Waals surface area contributed by atoms with Gasteiger partial charge in [0.05, 0.1) is 24.6 Å². The van der Waals surface area contributed by atoms with E-state index in [9.17, 15) is 9.18 Å². The summed E-state index contributed by atoms with van der Waals surface area (Å²) in [6, 6.07) is 4.23. The van der Waals surface area contributed by atoms with Crippen molar-refractivity contribution in [2.45, 2.75) is 6.92 Å². The summed E-state index contributed by atoms with van der Waals surface area (Å²) in [4.78, 5) is 15.7. The number of halogens is 2. The Hall–Kier alpha value is -1.69. The summed E-state index contributed by atoms with van der Waals surface area (Å²) in [7, 11) is 1.26. The smallest absolute Gasteiger partial charge is 0.356 e. The number of benzene rings is 1.